The Kier molecular flexibility index (Phi) is 4.91. The molecule has 1 amide bonds. The van der Waals surface area contributed by atoms with Crippen molar-refractivity contribution in [3.63, 3.8) is 0 Å². The second kappa shape index (κ2) is 8.16. The fraction of sp³-hybridized carbons (Fsp3) is 0.286. The SMILES string of the molecule is O=C1Nc2ccccc2C12CC2c1ccc2c(/C=C/c3csc(CN4CCOCC4)c3)n[nH]c2c1. The van der Waals surface area contributed by atoms with Crippen molar-refractivity contribution in [3.8, 4) is 0 Å². The Balaban J connectivity index is 1.09. The van der Waals surface area contributed by atoms with E-state index >= 15 is 0 Å². The first-order valence-electron chi connectivity index (χ1n) is 12.2. The molecule has 2 unspecified atom stereocenters. The van der Waals surface area contributed by atoms with Gasteiger partial charge in [0.15, 0.2) is 0 Å². The Hall–Kier alpha value is -3.26. The van der Waals surface area contributed by atoms with Gasteiger partial charge in [0.2, 0.25) is 5.91 Å². The number of hydrogen-bond donors (Lipinski definition) is 2. The summed E-state index contributed by atoms with van der Waals surface area (Å²) in [4.78, 5) is 16.7. The lowest BCUT2D eigenvalue weighted by Gasteiger charge is -2.25. The number of amides is 1. The zero-order valence-electron chi connectivity index (χ0n) is 19.3. The van der Waals surface area contributed by atoms with E-state index in [2.05, 4.69) is 68.3 Å². The minimum atomic E-state index is -0.412. The molecular weight excluding hydrogens is 456 g/mol. The average Bonchev–Trinajstić information content (AvgIpc) is 3.12. The number of hydrogen-bond acceptors (Lipinski definition) is 5. The van der Waals surface area contributed by atoms with Crippen molar-refractivity contribution in [3.05, 3.63) is 81.2 Å². The van der Waals surface area contributed by atoms with E-state index in [1.165, 1.54) is 16.0 Å². The first-order valence-corrected chi connectivity index (χ1v) is 13.0. The number of nitrogens with one attached hydrogen (secondary N) is 2. The van der Waals surface area contributed by atoms with Gasteiger partial charge in [-0.2, -0.15) is 5.10 Å². The molecule has 2 fully saturated rings. The van der Waals surface area contributed by atoms with Gasteiger partial charge in [0.05, 0.1) is 29.8 Å². The van der Waals surface area contributed by atoms with E-state index in [-0.39, 0.29) is 11.8 Å². The van der Waals surface area contributed by atoms with E-state index in [4.69, 9.17) is 4.74 Å². The molecule has 1 aliphatic carbocycles. The summed E-state index contributed by atoms with van der Waals surface area (Å²) in [6, 6.07) is 16.8. The van der Waals surface area contributed by atoms with Crippen molar-refractivity contribution in [2.24, 2.45) is 0 Å². The van der Waals surface area contributed by atoms with Gasteiger partial charge in [-0.05, 0) is 52.8 Å². The van der Waals surface area contributed by atoms with Crippen molar-refractivity contribution >= 4 is 46.0 Å². The topological polar surface area (TPSA) is 70.2 Å². The summed E-state index contributed by atoms with van der Waals surface area (Å²) in [6.45, 7) is 4.65. The molecule has 2 aromatic heterocycles. The first-order chi connectivity index (χ1) is 17.2. The Morgan fingerprint density at radius 2 is 2.03 bits per heavy atom. The van der Waals surface area contributed by atoms with Gasteiger partial charge in [0.1, 0.15) is 0 Å². The van der Waals surface area contributed by atoms with Crippen LogP contribution in [0.3, 0.4) is 0 Å². The van der Waals surface area contributed by atoms with Crippen LogP contribution in [-0.4, -0.2) is 47.3 Å². The maximum absolute atomic E-state index is 12.9. The van der Waals surface area contributed by atoms with Gasteiger partial charge in [0, 0.05) is 41.5 Å². The van der Waals surface area contributed by atoms with Gasteiger partial charge in [0.25, 0.3) is 0 Å². The minimum Gasteiger partial charge on any atom is -0.379 e. The molecule has 1 saturated carbocycles. The summed E-state index contributed by atoms with van der Waals surface area (Å²) in [6.07, 6.45) is 5.07. The molecule has 2 aliphatic heterocycles. The third-order valence-corrected chi connectivity index (χ3v) is 8.57. The average molecular weight is 483 g/mol. The fourth-order valence-electron chi connectivity index (χ4n) is 5.68. The molecule has 7 rings (SSSR count). The van der Waals surface area contributed by atoms with Gasteiger partial charge >= 0.3 is 0 Å². The third-order valence-electron chi connectivity index (χ3n) is 7.63. The van der Waals surface area contributed by atoms with E-state index in [1.807, 2.05) is 18.2 Å². The van der Waals surface area contributed by atoms with Crippen LogP contribution >= 0.6 is 11.3 Å². The molecule has 1 spiro atoms. The van der Waals surface area contributed by atoms with Crippen molar-refractivity contribution in [1.29, 1.82) is 0 Å². The highest BCUT2D eigenvalue weighted by Gasteiger charge is 2.65. The van der Waals surface area contributed by atoms with Crippen LogP contribution < -0.4 is 5.32 Å². The number of aromatic nitrogens is 2. The lowest BCUT2D eigenvalue weighted by Crippen LogP contribution is -2.35. The number of thiophene rings is 1. The highest BCUT2D eigenvalue weighted by Crippen LogP contribution is 2.64. The van der Waals surface area contributed by atoms with Gasteiger partial charge in [-0.25, -0.2) is 0 Å². The quantitative estimate of drug-likeness (QED) is 0.420. The van der Waals surface area contributed by atoms with Gasteiger partial charge < -0.3 is 10.1 Å². The standard InChI is InChI=1S/C28H26N4O2S/c33-27-28(22-3-1-2-4-25(22)29-27)15-23(28)19-6-7-21-24(30-31-26(21)14-19)8-5-18-13-20(35-17-18)16-32-9-11-34-12-10-32/h1-8,13-14,17,23H,9-12,15-16H2,(H,29,33)(H,30,31)/b8-5+. The van der Waals surface area contributed by atoms with E-state index in [0.29, 0.717) is 0 Å². The highest BCUT2D eigenvalue weighted by atomic mass is 32.1. The lowest BCUT2D eigenvalue weighted by molar-refractivity contribution is -0.118. The Labute approximate surface area is 207 Å². The smallest absolute Gasteiger partial charge is 0.235 e. The molecule has 1 saturated heterocycles. The van der Waals surface area contributed by atoms with Crippen LogP contribution in [0.4, 0.5) is 5.69 Å². The van der Waals surface area contributed by atoms with Crippen LogP contribution in [0.25, 0.3) is 23.1 Å². The molecule has 3 aliphatic rings. The number of H-pyrrole nitrogens is 1. The third kappa shape index (κ3) is 3.54. The number of rotatable bonds is 5. The Bertz CT molecular complexity index is 1460. The van der Waals surface area contributed by atoms with Gasteiger partial charge in [-0.1, -0.05) is 36.4 Å². The van der Waals surface area contributed by atoms with Crippen molar-refractivity contribution in [1.82, 2.24) is 15.1 Å². The molecule has 0 radical (unpaired) electrons. The lowest BCUT2D eigenvalue weighted by atomic mass is 9.92. The Morgan fingerprint density at radius 3 is 2.94 bits per heavy atom. The summed E-state index contributed by atoms with van der Waals surface area (Å²) in [5, 5.41) is 14.1. The predicted molar refractivity (Wildman–Crippen MR) is 140 cm³/mol. The van der Waals surface area contributed by atoms with Crippen LogP contribution in [0, 0.1) is 0 Å². The van der Waals surface area contributed by atoms with Crippen LogP contribution in [0.5, 0.6) is 0 Å². The number of fused-ring (bicyclic) bond motifs is 3. The molecular formula is C28H26N4O2S. The summed E-state index contributed by atoms with van der Waals surface area (Å²) >= 11 is 1.81. The van der Waals surface area contributed by atoms with E-state index < -0.39 is 5.41 Å². The van der Waals surface area contributed by atoms with Crippen LogP contribution in [0.2, 0.25) is 0 Å². The first kappa shape index (κ1) is 21.1. The number of aromatic amines is 1. The molecule has 0 bridgehead atoms. The van der Waals surface area contributed by atoms with Crippen LogP contribution in [-0.2, 0) is 21.5 Å². The highest BCUT2D eigenvalue weighted by molar-refractivity contribution is 7.10. The van der Waals surface area contributed by atoms with Crippen LogP contribution in [0.15, 0.2) is 53.9 Å². The number of para-hydroxylation sites is 1. The fourth-order valence-corrected chi connectivity index (χ4v) is 6.57. The number of nitrogens with zero attached hydrogens (tertiary/aromatic N) is 2. The summed E-state index contributed by atoms with van der Waals surface area (Å²) in [5.74, 6) is 0.328. The van der Waals surface area contributed by atoms with Crippen molar-refractivity contribution in [2.45, 2.75) is 24.3 Å². The molecule has 2 N–H and O–H groups in total. The number of morpholine rings is 1. The molecule has 7 heteroatoms. The maximum Gasteiger partial charge on any atom is 0.235 e. The number of carbonyl (C=O) groups excluding carboxylic acids is 1. The number of carbonyl (C=O) groups is 1. The predicted octanol–water partition coefficient (Wildman–Crippen LogP) is 5.00. The second-order valence-electron chi connectivity index (χ2n) is 9.71. The number of ether oxygens (including phenoxy) is 1. The largest absolute Gasteiger partial charge is 0.379 e. The number of anilines is 1. The summed E-state index contributed by atoms with van der Waals surface area (Å²) in [5.41, 5.74) is 6.01. The molecule has 4 aromatic rings. The summed E-state index contributed by atoms with van der Waals surface area (Å²) in [7, 11) is 0. The van der Waals surface area contributed by atoms with Gasteiger partial charge in [-0.15, -0.1) is 11.3 Å². The van der Waals surface area contributed by atoms with Gasteiger partial charge in [-0.3, -0.25) is 14.8 Å². The van der Waals surface area contributed by atoms with Crippen molar-refractivity contribution < 1.29 is 9.53 Å². The van der Waals surface area contributed by atoms with Crippen molar-refractivity contribution in [2.75, 3.05) is 31.6 Å². The molecule has 2 aromatic carbocycles. The molecule has 4 heterocycles. The number of benzene rings is 2. The van der Waals surface area contributed by atoms with E-state index in [1.54, 1.807) is 11.3 Å². The van der Waals surface area contributed by atoms with Crippen LogP contribution in [0.1, 0.15) is 39.6 Å². The normalized spacial score (nSPS) is 23.9. The molecule has 35 heavy (non-hydrogen) atoms. The zero-order valence-corrected chi connectivity index (χ0v) is 20.1. The van der Waals surface area contributed by atoms with E-state index in [9.17, 15) is 4.79 Å². The second-order valence-corrected chi connectivity index (χ2v) is 10.7. The molecule has 6 nitrogen and oxygen atoms in total. The minimum absolute atomic E-state index is 0.126. The van der Waals surface area contributed by atoms with E-state index in [0.717, 1.165) is 67.1 Å². The summed E-state index contributed by atoms with van der Waals surface area (Å²) < 4.78 is 5.45. The Morgan fingerprint density at radius 1 is 1.14 bits per heavy atom. The maximum atomic E-state index is 12.9. The zero-order chi connectivity index (χ0) is 23.4. The molecule has 2 atom stereocenters. The molecule has 176 valence electrons. The monoisotopic (exact) mass is 482 g/mol.